The van der Waals surface area contributed by atoms with Crippen molar-refractivity contribution in [2.24, 2.45) is 0 Å². The normalized spacial score (nSPS) is 11.8. The average molecular weight is 448 g/mol. The van der Waals surface area contributed by atoms with E-state index in [-0.39, 0.29) is 23.7 Å². The first-order valence-electron chi connectivity index (χ1n) is 8.17. The van der Waals surface area contributed by atoms with Gasteiger partial charge in [-0.1, -0.05) is 40.2 Å². The summed E-state index contributed by atoms with van der Waals surface area (Å²) >= 11 is 3.35. The molecular weight excluding hydrogens is 433 g/mol. The Morgan fingerprint density at radius 2 is 1.93 bits per heavy atom. The van der Waals surface area contributed by atoms with Crippen molar-refractivity contribution in [3.05, 3.63) is 76.1 Å². The molecule has 144 valence electrons. The highest BCUT2D eigenvalue weighted by Gasteiger charge is 2.23. The average Bonchev–Trinajstić information content (AvgIpc) is 3.03. The Hall–Kier alpha value is -3.20. The molecule has 0 aliphatic carbocycles. The lowest BCUT2D eigenvalue weighted by atomic mass is 10.0. The van der Waals surface area contributed by atoms with Gasteiger partial charge < -0.3 is 15.5 Å². The fraction of sp³-hybridized carbons (Fsp3) is 0.105. The summed E-state index contributed by atoms with van der Waals surface area (Å²) in [4.78, 5) is 23.8. The summed E-state index contributed by atoms with van der Waals surface area (Å²) in [6.07, 6.45) is -0.342. The largest absolute Gasteiger partial charge is 0.493 e. The Bertz CT molecular complexity index is 1040. The van der Waals surface area contributed by atoms with Crippen molar-refractivity contribution in [1.82, 2.24) is 15.1 Å². The van der Waals surface area contributed by atoms with Crippen LogP contribution in [0, 0.1) is 5.82 Å². The van der Waals surface area contributed by atoms with Crippen molar-refractivity contribution in [3.63, 3.8) is 0 Å². The number of aromatic nitrogens is 2. The summed E-state index contributed by atoms with van der Waals surface area (Å²) in [5.74, 6) is -2.64. The van der Waals surface area contributed by atoms with Crippen LogP contribution in [0.3, 0.4) is 0 Å². The van der Waals surface area contributed by atoms with Crippen LogP contribution in [0.15, 0.2) is 59.1 Å². The van der Waals surface area contributed by atoms with Crippen molar-refractivity contribution < 1.29 is 24.2 Å². The van der Waals surface area contributed by atoms with Crippen LogP contribution in [0.5, 0.6) is 5.88 Å². The number of nitrogens with zero attached hydrogens (tertiary/aromatic N) is 2. The lowest BCUT2D eigenvalue weighted by Crippen LogP contribution is -2.30. The Balaban J connectivity index is 1.87. The molecule has 28 heavy (non-hydrogen) atoms. The van der Waals surface area contributed by atoms with Crippen LogP contribution in [0.25, 0.3) is 5.69 Å². The van der Waals surface area contributed by atoms with Gasteiger partial charge in [0.05, 0.1) is 18.2 Å². The van der Waals surface area contributed by atoms with Crippen LogP contribution in [-0.2, 0) is 4.79 Å². The van der Waals surface area contributed by atoms with Crippen molar-refractivity contribution in [3.8, 4) is 11.6 Å². The molecule has 0 unspecified atom stereocenters. The summed E-state index contributed by atoms with van der Waals surface area (Å²) in [5, 5.41) is 25.9. The van der Waals surface area contributed by atoms with E-state index in [9.17, 15) is 24.2 Å². The third kappa shape index (κ3) is 4.37. The zero-order valence-electron chi connectivity index (χ0n) is 14.3. The first-order chi connectivity index (χ1) is 13.3. The van der Waals surface area contributed by atoms with E-state index in [2.05, 4.69) is 26.3 Å². The fourth-order valence-corrected chi connectivity index (χ4v) is 3.24. The number of aliphatic carboxylic acids is 1. The zero-order valence-corrected chi connectivity index (χ0v) is 15.9. The Morgan fingerprint density at radius 1 is 1.18 bits per heavy atom. The number of carbonyl (C=O) groups excluding carboxylic acids is 1. The minimum Gasteiger partial charge on any atom is -0.493 e. The number of carbonyl (C=O) groups is 2. The third-order valence-electron chi connectivity index (χ3n) is 3.94. The number of halogens is 2. The van der Waals surface area contributed by atoms with Crippen molar-refractivity contribution in [2.75, 3.05) is 0 Å². The summed E-state index contributed by atoms with van der Waals surface area (Å²) in [5.41, 5.74) is 0.695. The highest BCUT2D eigenvalue weighted by molar-refractivity contribution is 9.10. The predicted octanol–water partition coefficient (Wildman–Crippen LogP) is 3.43. The van der Waals surface area contributed by atoms with E-state index in [1.165, 1.54) is 18.2 Å². The maximum absolute atomic E-state index is 13.4. The van der Waals surface area contributed by atoms with Gasteiger partial charge in [0.25, 0.3) is 5.91 Å². The van der Waals surface area contributed by atoms with Crippen molar-refractivity contribution >= 4 is 27.8 Å². The first-order valence-corrected chi connectivity index (χ1v) is 8.96. The van der Waals surface area contributed by atoms with Gasteiger partial charge >= 0.3 is 5.97 Å². The van der Waals surface area contributed by atoms with Crippen LogP contribution in [0.1, 0.15) is 28.5 Å². The van der Waals surface area contributed by atoms with Gasteiger partial charge in [-0.15, -0.1) is 0 Å². The summed E-state index contributed by atoms with van der Waals surface area (Å²) < 4.78 is 15.1. The molecule has 2 aromatic carbocycles. The topological polar surface area (TPSA) is 104 Å². The van der Waals surface area contributed by atoms with E-state index in [4.69, 9.17) is 0 Å². The number of aromatic hydroxyl groups is 1. The number of nitrogens with one attached hydrogen (secondary N) is 1. The smallest absolute Gasteiger partial charge is 0.305 e. The van der Waals surface area contributed by atoms with E-state index in [0.29, 0.717) is 10.0 Å². The molecule has 0 radical (unpaired) electrons. The van der Waals surface area contributed by atoms with E-state index in [1.54, 1.807) is 24.3 Å². The standard InChI is InChI=1S/C19H15BrFN3O4/c20-14-7-2-1-6-13(14)15(10-18(26)27)22-19(28)16-9-17(25)24(23-16)12-5-3-4-11(21)8-12/h1-9,15,25H,10H2,(H,22,28)(H,26,27)/t15-/m0/s1. The Kier molecular flexibility index (Phi) is 5.74. The first kappa shape index (κ1) is 19.6. The molecule has 9 heteroatoms. The van der Waals surface area contributed by atoms with Crippen LogP contribution in [0.2, 0.25) is 0 Å². The Morgan fingerprint density at radius 3 is 2.61 bits per heavy atom. The van der Waals surface area contributed by atoms with E-state index < -0.39 is 23.7 Å². The summed E-state index contributed by atoms with van der Waals surface area (Å²) in [7, 11) is 0. The molecule has 7 nitrogen and oxygen atoms in total. The fourth-order valence-electron chi connectivity index (χ4n) is 2.68. The van der Waals surface area contributed by atoms with Gasteiger partial charge in [0.1, 0.15) is 5.82 Å². The molecule has 0 fully saturated rings. The number of amides is 1. The lowest BCUT2D eigenvalue weighted by Gasteiger charge is -2.18. The molecule has 1 atom stereocenters. The highest BCUT2D eigenvalue weighted by Crippen LogP contribution is 2.26. The quantitative estimate of drug-likeness (QED) is 0.536. The number of hydrogen-bond acceptors (Lipinski definition) is 4. The molecular formula is C19H15BrFN3O4. The number of benzene rings is 2. The minimum atomic E-state index is -1.09. The molecule has 1 heterocycles. The molecule has 0 saturated carbocycles. The van der Waals surface area contributed by atoms with Gasteiger partial charge in [0.2, 0.25) is 5.88 Å². The third-order valence-corrected chi connectivity index (χ3v) is 4.66. The van der Waals surface area contributed by atoms with Crippen molar-refractivity contribution in [2.45, 2.75) is 12.5 Å². The van der Waals surface area contributed by atoms with E-state index >= 15 is 0 Å². The second-order valence-electron chi connectivity index (χ2n) is 5.92. The molecule has 3 rings (SSSR count). The van der Waals surface area contributed by atoms with Crippen LogP contribution < -0.4 is 5.32 Å². The number of carboxylic acids is 1. The maximum Gasteiger partial charge on any atom is 0.305 e. The molecule has 3 aromatic rings. The minimum absolute atomic E-state index is 0.135. The highest BCUT2D eigenvalue weighted by atomic mass is 79.9. The van der Waals surface area contributed by atoms with Gasteiger partial charge in [0.15, 0.2) is 5.69 Å². The predicted molar refractivity (Wildman–Crippen MR) is 102 cm³/mol. The molecule has 0 aliphatic rings. The van der Waals surface area contributed by atoms with Crippen LogP contribution >= 0.6 is 15.9 Å². The van der Waals surface area contributed by atoms with E-state index in [1.807, 2.05) is 0 Å². The zero-order chi connectivity index (χ0) is 20.3. The van der Waals surface area contributed by atoms with Gasteiger partial charge in [-0.2, -0.15) is 5.10 Å². The molecule has 3 N–H and O–H groups in total. The second kappa shape index (κ2) is 8.22. The molecule has 0 spiro atoms. The number of rotatable bonds is 6. The molecule has 0 aliphatic heterocycles. The summed E-state index contributed by atoms with van der Waals surface area (Å²) in [6, 6.07) is 12.6. The Labute approximate surface area is 167 Å². The SMILES string of the molecule is O=C(O)C[C@H](NC(=O)c1cc(O)n(-c2cccc(F)c2)n1)c1ccccc1Br. The second-order valence-corrected chi connectivity index (χ2v) is 6.78. The molecule has 1 aromatic heterocycles. The van der Waals surface area contributed by atoms with Gasteiger partial charge in [0, 0.05) is 10.5 Å². The molecule has 0 bridgehead atoms. The monoisotopic (exact) mass is 447 g/mol. The maximum atomic E-state index is 13.4. The number of carboxylic acid groups (broad SMARTS) is 1. The van der Waals surface area contributed by atoms with Gasteiger partial charge in [-0.05, 0) is 29.8 Å². The molecule has 0 saturated heterocycles. The van der Waals surface area contributed by atoms with E-state index in [0.717, 1.165) is 16.8 Å². The van der Waals surface area contributed by atoms with Gasteiger partial charge in [-0.25, -0.2) is 9.07 Å². The summed E-state index contributed by atoms with van der Waals surface area (Å²) in [6.45, 7) is 0. The van der Waals surface area contributed by atoms with Crippen LogP contribution in [0.4, 0.5) is 4.39 Å². The van der Waals surface area contributed by atoms with Gasteiger partial charge in [-0.3, -0.25) is 9.59 Å². The van der Waals surface area contributed by atoms with Crippen LogP contribution in [-0.4, -0.2) is 31.9 Å². The van der Waals surface area contributed by atoms with Crippen molar-refractivity contribution in [1.29, 1.82) is 0 Å². The number of hydrogen-bond donors (Lipinski definition) is 3. The molecule has 1 amide bonds. The lowest BCUT2D eigenvalue weighted by molar-refractivity contribution is -0.137.